The number of thioether (sulfide) groups is 1. The molecule has 0 saturated carbocycles. The molecule has 0 radical (unpaired) electrons. The van der Waals surface area contributed by atoms with E-state index in [9.17, 15) is 14.4 Å². The molecule has 8 nitrogen and oxygen atoms in total. The lowest BCUT2D eigenvalue weighted by Gasteiger charge is -2.32. The first-order valence-electron chi connectivity index (χ1n) is 11.7. The van der Waals surface area contributed by atoms with Crippen molar-refractivity contribution < 1.29 is 9.59 Å². The van der Waals surface area contributed by atoms with E-state index in [2.05, 4.69) is 0 Å². The Hall–Kier alpha value is -3.50. The summed E-state index contributed by atoms with van der Waals surface area (Å²) >= 11 is 6.75. The van der Waals surface area contributed by atoms with Crippen molar-refractivity contribution in [2.75, 3.05) is 18.0 Å². The number of carbonyl (C=O) groups is 2. The molecule has 4 heterocycles. The van der Waals surface area contributed by atoms with E-state index in [4.69, 9.17) is 22.9 Å². The molecule has 1 aromatic carbocycles. The number of hydrogen-bond donors (Lipinski definition) is 1. The zero-order valence-corrected chi connectivity index (χ0v) is 21.3. The summed E-state index contributed by atoms with van der Waals surface area (Å²) in [5.74, 6) is -0.243. The summed E-state index contributed by atoms with van der Waals surface area (Å²) in [5.41, 5.74) is 7.04. The molecule has 2 aliphatic rings. The number of carbonyl (C=O) groups excluding carboxylic acids is 2. The second kappa shape index (κ2) is 9.87. The van der Waals surface area contributed by atoms with Crippen molar-refractivity contribution in [3.8, 4) is 0 Å². The number of amides is 2. The standard InChI is InChI=1S/C26H25N5O3S2/c1-16(17-7-3-2-4-8-17)31-25(34)20(36-26(31)35)15-19-23(29-13-10-18(11-14-29)22(27)32)28-21-9-5-6-12-30(21)24(19)33/h2-9,12,15-16,18H,10-11,13-14H2,1H3,(H2,27,32)/b20-15-/t16-/m0/s1. The largest absolute Gasteiger partial charge is 0.369 e. The van der Waals surface area contributed by atoms with Gasteiger partial charge in [-0.15, -0.1) is 0 Å². The minimum absolute atomic E-state index is 0.193. The molecule has 5 rings (SSSR count). The van der Waals surface area contributed by atoms with Crippen molar-refractivity contribution >= 4 is 57.7 Å². The zero-order chi connectivity index (χ0) is 25.4. The van der Waals surface area contributed by atoms with Gasteiger partial charge in [0.15, 0.2) is 0 Å². The molecule has 2 aromatic heterocycles. The molecule has 0 bridgehead atoms. The molecule has 2 aliphatic heterocycles. The van der Waals surface area contributed by atoms with E-state index in [-0.39, 0.29) is 29.3 Å². The third-order valence-electron chi connectivity index (χ3n) is 6.71. The minimum atomic E-state index is -0.308. The number of rotatable bonds is 5. The van der Waals surface area contributed by atoms with Gasteiger partial charge in [0.1, 0.15) is 15.8 Å². The highest BCUT2D eigenvalue weighted by Crippen LogP contribution is 2.38. The maximum absolute atomic E-state index is 13.6. The molecule has 1 atom stereocenters. The molecule has 0 spiro atoms. The van der Waals surface area contributed by atoms with Gasteiger partial charge in [-0.05, 0) is 43.5 Å². The van der Waals surface area contributed by atoms with Crippen molar-refractivity contribution in [1.29, 1.82) is 0 Å². The first-order chi connectivity index (χ1) is 17.3. The molecular formula is C26H25N5O3S2. The zero-order valence-electron chi connectivity index (χ0n) is 19.7. The van der Waals surface area contributed by atoms with Gasteiger partial charge in [0, 0.05) is 25.2 Å². The SMILES string of the molecule is C[C@@H](c1ccccc1)N1C(=O)/C(=C/c2c(N3CCC(C(N)=O)CC3)nc3ccccn3c2=O)SC1=S. The average Bonchev–Trinajstić information content (AvgIpc) is 3.18. The monoisotopic (exact) mass is 519 g/mol. The van der Waals surface area contributed by atoms with Gasteiger partial charge in [0.2, 0.25) is 5.91 Å². The molecule has 36 heavy (non-hydrogen) atoms. The third-order valence-corrected chi connectivity index (χ3v) is 8.04. The average molecular weight is 520 g/mol. The number of benzene rings is 1. The molecular weight excluding hydrogens is 494 g/mol. The van der Waals surface area contributed by atoms with Crippen LogP contribution in [0.4, 0.5) is 5.82 Å². The number of nitrogens with two attached hydrogens (primary N) is 1. The number of piperidine rings is 1. The summed E-state index contributed by atoms with van der Waals surface area (Å²) in [6.45, 7) is 3.01. The van der Waals surface area contributed by atoms with E-state index in [1.807, 2.05) is 48.2 Å². The Labute approximate surface area is 217 Å². The second-order valence-corrected chi connectivity index (χ2v) is 10.6. The number of aromatic nitrogens is 2. The maximum Gasteiger partial charge on any atom is 0.267 e. The van der Waals surface area contributed by atoms with Gasteiger partial charge < -0.3 is 10.6 Å². The highest BCUT2D eigenvalue weighted by Gasteiger charge is 2.36. The van der Waals surface area contributed by atoms with Crippen LogP contribution in [0.1, 0.15) is 36.9 Å². The fraction of sp³-hybridized carbons (Fsp3) is 0.269. The molecule has 2 fully saturated rings. The van der Waals surface area contributed by atoms with Crippen LogP contribution in [0, 0.1) is 5.92 Å². The predicted molar refractivity (Wildman–Crippen MR) is 145 cm³/mol. The lowest BCUT2D eigenvalue weighted by Crippen LogP contribution is -2.40. The summed E-state index contributed by atoms with van der Waals surface area (Å²) in [4.78, 5) is 47.4. The lowest BCUT2D eigenvalue weighted by molar-refractivity contribution is -0.123. The van der Waals surface area contributed by atoms with Crippen LogP contribution in [-0.4, -0.2) is 43.5 Å². The summed E-state index contributed by atoms with van der Waals surface area (Å²) in [6.07, 6.45) is 4.44. The molecule has 2 N–H and O–H groups in total. The molecule has 3 aromatic rings. The van der Waals surface area contributed by atoms with Crippen LogP contribution in [0.15, 0.2) is 64.4 Å². The number of pyridine rings is 1. The molecule has 0 aliphatic carbocycles. The van der Waals surface area contributed by atoms with Crippen LogP contribution < -0.4 is 16.2 Å². The summed E-state index contributed by atoms with van der Waals surface area (Å²) in [6, 6.07) is 14.8. The third kappa shape index (κ3) is 4.42. The first-order valence-corrected chi connectivity index (χ1v) is 13.0. The number of primary amides is 1. The Morgan fingerprint density at radius 1 is 1.14 bits per heavy atom. The Kier molecular flexibility index (Phi) is 6.63. The first kappa shape index (κ1) is 24.2. The Balaban J connectivity index is 1.55. The van der Waals surface area contributed by atoms with E-state index >= 15 is 0 Å². The Bertz CT molecular complexity index is 1440. The normalized spacial score (nSPS) is 18.9. The maximum atomic E-state index is 13.6. The Morgan fingerprint density at radius 3 is 2.53 bits per heavy atom. The van der Waals surface area contributed by atoms with Crippen LogP contribution in [0.3, 0.4) is 0 Å². The number of thiocarbonyl (C=S) groups is 1. The molecule has 0 unspecified atom stereocenters. The number of fused-ring (bicyclic) bond motifs is 1. The highest BCUT2D eigenvalue weighted by molar-refractivity contribution is 8.26. The second-order valence-electron chi connectivity index (χ2n) is 8.89. The minimum Gasteiger partial charge on any atom is -0.369 e. The smallest absolute Gasteiger partial charge is 0.267 e. The van der Waals surface area contributed by atoms with Crippen LogP contribution in [-0.2, 0) is 9.59 Å². The number of anilines is 1. The van der Waals surface area contributed by atoms with Crippen LogP contribution >= 0.6 is 24.0 Å². The van der Waals surface area contributed by atoms with Crippen molar-refractivity contribution in [3.05, 3.63) is 81.1 Å². The van der Waals surface area contributed by atoms with Gasteiger partial charge in [-0.2, -0.15) is 0 Å². The van der Waals surface area contributed by atoms with Crippen LogP contribution in [0.25, 0.3) is 11.7 Å². The molecule has 2 amide bonds. The van der Waals surface area contributed by atoms with Crippen molar-refractivity contribution in [3.63, 3.8) is 0 Å². The number of hydrogen-bond acceptors (Lipinski definition) is 7. The van der Waals surface area contributed by atoms with Crippen LogP contribution in [0.5, 0.6) is 0 Å². The van der Waals surface area contributed by atoms with Crippen molar-refractivity contribution in [2.24, 2.45) is 11.7 Å². The van der Waals surface area contributed by atoms with E-state index in [0.717, 1.165) is 5.56 Å². The highest BCUT2D eigenvalue weighted by atomic mass is 32.2. The van der Waals surface area contributed by atoms with E-state index in [1.54, 1.807) is 29.3 Å². The van der Waals surface area contributed by atoms with Crippen molar-refractivity contribution in [2.45, 2.75) is 25.8 Å². The fourth-order valence-electron chi connectivity index (χ4n) is 4.66. The van der Waals surface area contributed by atoms with Gasteiger partial charge >= 0.3 is 0 Å². The van der Waals surface area contributed by atoms with Crippen LogP contribution in [0.2, 0.25) is 0 Å². The molecule has 2 saturated heterocycles. The van der Waals surface area contributed by atoms with Gasteiger partial charge in [-0.3, -0.25) is 23.7 Å². The van der Waals surface area contributed by atoms with Crippen molar-refractivity contribution in [1.82, 2.24) is 14.3 Å². The number of nitrogens with zero attached hydrogens (tertiary/aromatic N) is 4. The van der Waals surface area contributed by atoms with Gasteiger partial charge in [-0.1, -0.05) is 60.4 Å². The molecule has 184 valence electrons. The van der Waals surface area contributed by atoms with Gasteiger partial charge in [0.05, 0.1) is 16.5 Å². The Morgan fingerprint density at radius 2 is 1.83 bits per heavy atom. The van der Waals surface area contributed by atoms with Gasteiger partial charge in [-0.25, -0.2) is 4.98 Å². The lowest BCUT2D eigenvalue weighted by atomic mass is 9.96. The van der Waals surface area contributed by atoms with Gasteiger partial charge in [0.25, 0.3) is 11.5 Å². The van der Waals surface area contributed by atoms with E-state index in [1.165, 1.54) is 16.2 Å². The summed E-state index contributed by atoms with van der Waals surface area (Å²) < 4.78 is 1.92. The summed E-state index contributed by atoms with van der Waals surface area (Å²) in [5, 5.41) is 0. The topological polar surface area (TPSA) is 101 Å². The molecule has 10 heteroatoms. The summed E-state index contributed by atoms with van der Waals surface area (Å²) in [7, 11) is 0. The van der Waals surface area contributed by atoms with E-state index < -0.39 is 0 Å². The quantitative estimate of drug-likeness (QED) is 0.407. The predicted octanol–water partition coefficient (Wildman–Crippen LogP) is 3.36. The fourth-order valence-corrected chi connectivity index (χ4v) is 6.06. The van der Waals surface area contributed by atoms with E-state index in [0.29, 0.717) is 52.2 Å².